The van der Waals surface area contributed by atoms with Crippen molar-refractivity contribution in [2.45, 2.75) is 56.0 Å². The Kier molecular flexibility index (Phi) is 4.80. The Morgan fingerprint density at radius 1 is 1.14 bits per heavy atom. The Morgan fingerprint density at radius 2 is 2.00 bits per heavy atom. The van der Waals surface area contributed by atoms with Crippen molar-refractivity contribution in [2.24, 2.45) is 0 Å². The first-order valence-corrected chi connectivity index (χ1v) is 11.0. The molecule has 2 fully saturated rings. The second-order valence-electron chi connectivity index (χ2n) is 7.60. The number of thioether (sulfide) groups is 1. The van der Waals surface area contributed by atoms with Crippen molar-refractivity contribution in [3.8, 4) is 11.4 Å². The lowest BCUT2D eigenvalue weighted by Gasteiger charge is -2.27. The predicted molar refractivity (Wildman–Crippen MR) is 108 cm³/mol. The van der Waals surface area contributed by atoms with Crippen LogP contribution in [0.1, 0.15) is 49.6 Å². The first-order valence-electron chi connectivity index (χ1n) is 10.0. The molecule has 1 aromatic carbocycles. The van der Waals surface area contributed by atoms with E-state index in [2.05, 4.69) is 48.9 Å². The molecule has 0 N–H and O–H groups in total. The maximum Gasteiger partial charge on any atom is 0.237 e. The zero-order valence-electron chi connectivity index (χ0n) is 16.0. The summed E-state index contributed by atoms with van der Waals surface area (Å²) in [6, 6.07) is 8.68. The van der Waals surface area contributed by atoms with E-state index in [1.165, 1.54) is 37.7 Å². The molecule has 146 valence electrons. The minimum Gasteiger partial charge on any atom is -0.341 e. The van der Waals surface area contributed by atoms with Crippen LogP contribution in [0.5, 0.6) is 0 Å². The van der Waals surface area contributed by atoms with Gasteiger partial charge in [-0.3, -0.25) is 4.57 Å². The molecular formula is C20H24N6OS. The third-order valence-corrected chi connectivity index (χ3v) is 6.19. The van der Waals surface area contributed by atoms with Crippen LogP contribution in [0.2, 0.25) is 0 Å². The van der Waals surface area contributed by atoms with E-state index in [0.29, 0.717) is 23.5 Å². The third kappa shape index (κ3) is 3.65. The van der Waals surface area contributed by atoms with Crippen LogP contribution in [-0.4, -0.2) is 38.0 Å². The summed E-state index contributed by atoms with van der Waals surface area (Å²) in [6.45, 7) is 4.23. The summed E-state index contributed by atoms with van der Waals surface area (Å²) in [7, 11) is 0. The van der Waals surface area contributed by atoms with Crippen LogP contribution in [0.25, 0.3) is 11.4 Å². The van der Waals surface area contributed by atoms with Gasteiger partial charge in [0.05, 0.1) is 5.75 Å². The number of benzene rings is 1. The molecular weight excluding hydrogens is 372 g/mol. The van der Waals surface area contributed by atoms with Crippen molar-refractivity contribution in [3.63, 3.8) is 0 Å². The number of rotatable bonds is 6. The Hall–Kier alpha value is -2.35. The molecule has 3 aromatic rings. The number of nitrogens with zero attached hydrogens (tertiary/aromatic N) is 6. The van der Waals surface area contributed by atoms with Gasteiger partial charge in [-0.05, 0) is 45.1 Å². The minimum absolute atomic E-state index is 0.542. The predicted octanol–water partition coefficient (Wildman–Crippen LogP) is 4.25. The third-order valence-electron chi connectivity index (χ3n) is 5.27. The second-order valence-corrected chi connectivity index (χ2v) is 8.54. The molecule has 0 radical (unpaired) electrons. The molecule has 5 rings (SSSR count). The van der Waals surface area contributed by atoms with E-state index in [1.54, 1.807) is 11.8 Å². The lowest BCUT2D eigenvalue weighted by molar-refractivity contribution is 0.391. The molecule has 1 saturated carbocycles. The van der Waals surface area contributed by atoms with Gasteiger partial charge in [0.2, 0.25) is 17.7 Å². The number of anilines is 1. The van der Waals surface area contributed by atoms with Gasteiger partial charge in [0.15, 0.2) is 5.16 Å². The average Bonchev–Trinajstić information content (AvgIpc) is 3.29. The van der Waals surface area contributed by atoms with Gasteiger partial charge in [0.1, 0.15) is 0 Å². The van der Waals surface area contributed by atoms with Crippen molar-refractivity contribution in [1.29, 1.82) is 0 Å². The maximum absolute atomic E-state index is 5.47. The van der Waals surface area contributed by atoms with Crippen LogP contribution in [0.4, 0.5) is 5.95 Å². The second kappa shape index (κ2) is 7.58. The van der Waals surface area contributed by atoms with Gasteiger partial charge in [-0.2, -0.15) is 4.98 Å². The molecule has 7 nitrogen and oxygen atoms in total. The van der Waals surface area contributed by atoms with E-state index in [0.717, 1.165) is 29.8 Å². The van der Waals surface area contributed by atoms with Gasteiger partial charge >= 0.3 is 0 Å². The van der Waals surface area contributed by atoms with Crippen molar-refractivity contribution >= 4 is 17.7 Å². The Bertz CT molecular complexity index is 957. The van der Waals surface area contributed by atoms with Crippen LogP contribution < -0.4 is 4.90 Å². The number of hydrogen-bond donors (Lipinski definition) is 0. The summed E-state index contributed by atoms with van der Waals surface area (Å²) >= 11 is 1.63. The minimum atomic E-state index is 0.542. The molecule has 0 amide bonds. The SMILES string of the molecule is Cc1cccc(-c2noc(CSc3nnc(N4CCCCC4)n3C3CC3)n2)c1. The number of piperidine rings is 1. The fourth-order valence-electron chi connectivity index (χ4n) is 3.67. The zero-order chi connectivity index (χ0) is 18.9. The first-order chi connectivity index (χ1) is 13.8. The Labute approximate surface area is 168 Å². The van der Waals surface area contributed by atoms with Crippen molar-refractivity contribution in [2.75, 3.05) is 18.0 Å². The molecule has 28 heavy (non-hydrogen) atoms. The summed E-state index contributed by atoms with van der Waals surface area (Å²) in [5.41, 5.74) is 2.16. The lowest BCUT2D eigenvalue weighted by Crippen LogP contribution is -2.31. The zero-order valence-corrected chi connectivity index (χ0v) is 16.9. The quantitative estimate of drug-likeness (QED) is 0.577. The van der Waals surface area contributed by atoms with Crippen LogP contribution in [0.15, 0.2) is 33.9 Å². The smallest absolute Gasteiger partial charge is 0.237 e. The van der Waals surface area contributed by atoms with Gasteiger partial charge in [0, 0.05) is 24.7 Å². The fourth-order valence-corrected chi connectivity index (χ4v) is 4.51. The van der Waals surface area contributed by atoms with E-state index in [4.69, 9.17) is 4.52 Å². The summed E-state index contributed by atoms with van der Waals surface area (Å²) in [5.74, 6) is 2.89. The number of aromatic nitrogens is 5. The van der Waals surface area contributed by atoms with Crippen molar-refractivity contribution < 1.29 is 4.52 Å². The lowest BCUT2D eigenvalue weighted by atomic mass is 10.1. The van der Waals surface area contributed by atoms with Crippen LogP contribution in [-0.2, 0) is 5.75 Å². The summed E-state index contributed by atoms with van der Waals surface area (Å²) in [6.07, 6.45) is 6.22. The van der Waals surface area contributed by atoms with Crippen LogP contribution in [0.3, 0.4) is 0 Å². The van der Waals surface area contributed by atoms with Crippen LogP contribution >= 0.6 is 11.8 Å². The van der Waals surface area contributed by atoms with E-state index < -0.39 is 0 Å². The largest absolute Gasteiger partial charge is 0.341 e. The molecule has 8 heteroatoms. The molecule has 1 saturated heterocycles. The molecule has 0 bridgehead atoms. The van der Waals surface area contributed by atoms with E-state index in [9.17, 15) is 0 Å². The van der Waals surface area contributed by atoms with E-state index in [-0.39, 0.29) is 0 Å². The summed E-state index contributed by atoms with van der Waals surface area (Å²) in [5, 5.41) is 14.1. The topological polar surface area (TPSA) is 72.9 Å². The molecule has 0 spiro atoms. The molecule has 1 aliphatic heterocycles. The molecule has 0 atom stereocenters. The highest BCUT2D eigenvalue weighted by atomic mass is 32.2. The first kappa shape index (κ1) is 17.7. The number of hydrogen-bond acceptors (Lipinski definition) is 7. The Balaban J connectivity index is 1.31. The Morgan fingerprint density at radius 3 is 2.79 bits per heavy atom. The molecule has 3 heterocycles. The standard InChI is InChI=1S/C20H24N6OS/c1-14-6-5-7-15(12-14)18-21-17(27-24-18)13-28-20-23-22-19(26(20)16-8-9-16)25-10-3-2-4-11-25/h5-7,12,16H,2-4,8-11,13H2,1H3. The molecule has 0 unspecified atom stereocenters. The molecule has 2 aliphatic rings. The highest BCUT2D eigenvalue weighted by molar-refractivity contribution is 7.98. The highest BCUT2D eigenvalue weighted by Crippen LogP contribution is 2.41. The van der Waals surface area contributed by atoms with Gasteiger partial charge in [-0.1, -0.05) is 40.7 Å². The molecule has 2 aromatic heterocycles. The number of aryl methyl sites for hydroxylation is 1. The van der Waals surface area contributed by atoms with E-state index in [1.807, 2.05) is 12.1 Å². The maximum atomic E-state index is 5.47. The van der Waals surface area contributed by atoms with Gasteiger partial charge < -0.3 is 9.42 Å². The van der Waals surface area contributed by atoms with Gasteiger partial charge in [-0.15, -0.1) is 10.2 Å². The van der Waals surface area contributed by atoms with Gasteiger partial charge in [0.25, 0.3) is 0 Å². The summed E-state index contributed by atoms with van der Waals surface area (Å²) in [4.78, 5) is 6.95. The normalized spacial score (nSPS) is 17.2. The van der Waals surface area contributed by atoms with Crippen molar-refractivity contribution in [1.82, 2.24) is 24.9 Å². The van der Waals surface area contributed by atoms with Gasteiger partial charge in [-0.25, -0.2) is 0 Å². The average molecular weight is 397 g/mol. The monoisotopic (exact) mass is 396 g/mol. The fraction of sp³-hybridized carbons (Fsp3) is 0.500. The van der Waals surface area contributed by atoms with Crippen molar-refractivity contribution in [3.05, 3.63) is 35.7 Å². The highest BCUT2D eigenvalue weighted by Gasteiger charge is 2.32. The van der Waals surface area contributed by atoms with Crippen LogP contribution in [0, 0.1) is 6.92 Å². The summed E-state index contributed by atoms with van der Waals surface area (Å²) < 4.78 is 7.80. The van der Waals surface area contributed by atoms with E-state index >= 15 is 0 Å². The molecule has 1 aliphatic carbocycles.